The Balaban J connectivity index is 1.77. The van der Waals surface area contributed by atoms with Crippen molar-refractivity contribution >= 4 is 17.5 Å². The van der Waals surface area contributed by atoms with E-state index in [1.807, 2.05) is 30.3 Å². The molecule has 6 nitrogen and oxygen atoms in total. The lowest BCUT2D eigenvalue weighted by atomic mass is 10.1. The summed E-state index contributed by atoms with van der Waals surface area (Å²) in [6, 6.07) is 14.3. The van der Waals surface area contributed by atoms with Crippen LogP contribution in [0.2, 0.25) is 0 Å². The number of rotatable bonds is 4. The van der Waals surface area contributed by atoms with E-state index in [1.54, 1.807) is 24.3 Å². The zero-order valence-corrected chi connectivity index (χ0v) is 13.9. The number of hydrogen-bond donors (Lipinski definition) is 3. The van der Waals surface area contributed by atoms with Gasteiger partial charge in [-0.3, -0.25) is 5.41 Å². The number of likely N-dealkylation sites (tertiary alicyclic amines) is 1. The molecule has 0 aromatic heterocycles. The Kier molecular flexibility index (Phi) is 4.75. The molecule has 3 rings (SSSR count). The summed E-state index contributed by atoms with van der Waals surface area (Å²) in [6.07, 6.45) is -0.419. The monoisotopic (exact) mass is 359 g/mol. The van der Waals surface area contributed by atoms with E-state index in [1.165, 1.54) is 0 Å². The third kappa shape index (κ3) is 3.74. The van der Waals surface area contributed by atoms with Gasteiger partial charge in [-0.05, 0) is 36.4 Å². The summed E-state index contributed by atoms with van der Waals surface area (Å²) in [5.41, 5.74) is 11.6. The largest absolute Gasteiger partial charge is 0.457 e. The molecule has 2 aromatic carbocycles. The highest BCUT2D eigenvalue weighted by Gasteiger charge is 2.51. The van der Waals surface area contributed by atoms with Gasteiger partial charge in [-0.15, -0.1) is 0 Å². The maximum absolute atomic E-state index is 14.1. The maximum Gasteiger partial charge on any atom is 0.276 e. The van der Waals surface area contributed by atoms with Gasteiger partial charge >= 0.3 is 0 Å². The Morgan fingerprint density at radius 2 is 1.69 bits per heavy atom. The van der Waals surface area contributed by atoms with Gasteiger partial charge in [0.15, 0.2) is 12.0 Å². The van der Waals surface area contributed by atoms with Crippen LogP contribution >= 0.6 is 0 Å². The number of aliphatic imine (C=N–C) groups is 1. The lowest BCUT2D eigenvalue weighted by Gasteiger charge is -2.27. The van der Waals surface area contributed by atoms with Crippen LogP contribution in [0.4, 0.5) is 14.5 Å². The van der Waals surface area contributed by atoms with Crippen molar-refractivity contribution in [3.8, 4) is 11.5 Å². The highest BCUT2D eigenvalue weighted by Crippen LogP contribution is 2.34. The Morgan fingerprint density at radius 1 is 1.08 bits per heavy atom. The van der Waals surface area contributed by atoms with Crippen LogP contribution in [0, 0.1) is 5.41 Å². The molecule has 0 saturated carbocycles. The fourth-order valence-corrected chi connectivity index (χ4v) is 2.82. The van der Waals surface area contributed by atoms with Gasteiger partial charge in [0.05, 0.1) is 5.69 Å². The minimum atomic E-state index is -3.09. The van der Waals surface area contributed by atoms with Crippen LogP contribution in [-0.4, -0.2) is 35.2 Å². The van der Waals surface area contributed by atoms with Gasteiger partial charge in [0, 0.05) is 13.0 Å². The average Bonchev–Trinajstić information content (AvgIpc) is 2.93. The summed E-state index contributed by atoms with van der Waals surface area (Å²) in [5, 5.41) is 7.45. The van der Waals surface area contributed by atoms with Gasteiger partial charge in [-0.2, -0.15) is 0 Å². The number of alkyl halides is 2. The Morgan fingerprint density at radius 3 is 2.31 bits per heavy atom. The molecule has 0 spiro atoms. The first-order chi connectivity index (χ1) is 12.4. The number of nitrogens with zero attached hydrogens (tertiary/aromatic N) is 2. The van der Waals surface area contributed by atoms with Gasteiger partial charge in [-0.25, -0.2) is 13.8 Å². The van der Waals surface area contributed by atoms with Crippen molar-refractivity contribution in [1.82, 2.24) is 4.90 Å². The van der Waals surface area contributed by atoms with Gasteiger partial charge in [-0.1, -0.05) is 18.2 Å². The fourth-order valence-electron chi connectivity index (χ4n) is 2.82. The van der Waals surface area contributed by atoms with E-state index in [9.17, 15) is 8.78 Å². The minimum absolute atomic E-state index is 0.0346. The topological polar surface area (TPSA) is 101 Å². The predicted octanol–water partition coefficient (Wildman–Crippen LogP) is 3.07. The van der Waals surface area contributed by atoms with E-state index in [-0.39, 0.29) is 12.4 Å². The molecular weight excluding hydrogens is 340 g/mol. The first-order valence-electron chi connectivity index (χ1n) is 8.02. The summed E-state index contributed by atoms with van der Waals surface area (Å²) in [5.74, 6) is -2.54. The number of nitrogens with one attached hydrogen (secondary N) is 1. The second-order valence-electron chi connectivity index (χ2n) is 5.94. The number of para-hydroxylation sites is 1. The lowest BCUT2D eigenvalue weighted by molar-refractivity contribution is -0.00144. The SMILES string of the molecule is N=C(N)N1CCC(F)(F)C1C(N)=Nc1ccc(Oc2ccccc2)cc1. The van der Waals surface area contributed by atoms with E-state index in [0.717, 1.165) is 4.90 Å². The Bertz CT molecular complexity index is 808. The summed E-state index contributed by atoms with van der Waals surface area (Å²) in [6.45, 7) is -0.0346. The van der Waals surface area contributed by atoms with Crippen LogP contribution in [-0.2, 0) is 0 Å². The normalized spacial score (nSPS) is 19.4. The first kappa shape index (κ1) is 17.7. The van der Waals surface area contributed by atoms with Crippen LogP contribution in [0.5, 0.6) is 11.5 Å². The molecule has 2 aromatic rings. The second kappa shape index (κ2) is 6.99. The number of guanidine groups is 1. The van der Waals surface area contributed by atoms with Gasteiger partial charge < -0.3 is 21.1 Å². The van der Waals surface area contributed by atoms with E-state index < -0.39 is 24.3 Å². The number of halogens is 2. The van der Waals surface area contributed by atoms with Crippen molar-refractivity contribution in [2.45, 2.75) is 18.4 Å². The number of benzene rings is 2. The number of amidine groups is 1. The van der Waals surface area contributed by atoms with Gasteiger partial charge in [0.25, 0.3) is 5.92 Å². The predicted molar refractivity (Wildman–Crippen MR) is 96.2 cm³/mol. The molecule has 1 fully saturated rings. The van der Waals surface area contributed by atoms with E-state index in [4.69, 9.17) is 21.6 Å². The molecular formula is C18H19F2N5O. The third-order valence-electron chi connectivity index (χ3n) is 4.06. The van der Waals surface area contributed by atoms with E-state index >= 15 is 0 Å². The molecule has 26 heavy (non-hydrogen) atoms. The molecule has 136 valence electrons. The molecule has 0 radical (unpaired) electrons. The van der Waals surface area contributed by atoms with Gasteiger partial charge in [0.2, 0.25) is 0 Å². The molecule has 0 aliphatic carbocycles. The average molecular weight is 359 g/mol. The van der Waals surface area contributed by atoms with Crippen molar-refractivity contribution in [2.75, 3.05) is 6.54 Å². The van der Waals surface area contributed by atoms with Crippen molar-refractivity contribution < 1.29 is 13.5 Å². The van der Waals surface area contributed by atoms with Crippen LogP contribution in [0.15, 0.2) is 59.6 Å². The molecule has 1 aliphatic rings. The number of ether oxygens (including phenoxy) is 1. The van der Waals surface area contributed by atoms with Crippen LogP contribution in [0.25, 0.3) is 0 Å². The van der Waals surface area contributed by atoms with Crippen molar-refractivity contribution in [3.63, 3.8) is 0 Å². The molecule has 0 bridgehead atoms. The molecule has 1 aliphatic heterocycles. The number of nitrogens with two attached hydrogens (primary N) is 2. The Hall–Kier alpha value is -3.16. The van der Waals surface area contributed by atoms with Crippen molar-refractivity contribution in [1.29, 1.82) is 5.41 Å². The zero-order chi connectivity index (χ0) is 18.7. The summed E-state index contributed by atoms with van der Waals surface area (Å²) < 4.78 is 33.9. The third-order valence-corrected chi connectivity index (χ3v) is 4.06. The smallest absolute Gasteiger partial charge is 0.276 e. The molecule has 0 amide bonds. The van der Waals surface area contributed by atoms with Crippen LogP contribution < -0.4 is 16.2 Å². The minimum Gasteiger partial charge on any atom is -0.457 e. The maximum atomic E-state index is 14.1. The summed E-state index contributed by atoms with van der Waals surface area (Å²) in [4.78, 5) is 5.14. The van der Waals surface area contributed by atoms with Crippen molar-refractivity contribution in [3.05, 3.63) is 54.6 Å². The van der Waals surface area contributed by atoms with E-state index in [0.29, 0.717) is 17.2 Å². The second-order valence-corrected chi connectivity index (χ2v) is 5.94. The lowest BCUT2D eigenvalue weighted by Crippen LogP contribution is -2.52. The molecule has 5 N–H and O–H groups in total. The highest BCUT2D eigenvalue weighted by atomic mass is 19.3. The molecule has 1 saturated heterocycles. The van der Waals surface area contributed by atoms with E-state index in [2.05, 4.69) is 4.99 Å². The highest BCUT2D eigenvalue weighted by molar-refractivity contribution is 5.93. The quantitative estimate of drug-likeness (QED) is 0.577. The fraction of sp³-hybridized carbons (Fsp3) is 0.222. The number of hydrogen-bond acceptors (Lipinski definition) is 3. The zero-order valence-electron chi connectivity index (χ0n) is 13.9. The first-order valence-corrected chi connectivity index (χ1v) is 8.02. The molecule has 1 atom stereocenters. The van der Waals surface area contributed by atoms with Crippen LogP contribution in [0.1, 0.15) is 6.42 Å². The molecule has 1 heterocycles. The van der Waals surface area contributed by atoms with Crippen LogP contribution in [0.3, 0.4) is 0 Å². The van der Waals surface area contributed by atoms with Gasteiger partial charge in [0.1, 0.15) is 17.3 Å². The molecule has 1 unspecified atom stereocenters. The molecule has 8 heteroatoms. The summed E-state index contributed by atoms with van der Waals surface area (Å²) >= 11 is 0. The Labute approximate surface area is 149 Å². The summed E-state index contributed by atoms with van der Waals surface area (Å²) in [7, 11) is 0. The standard InChI is InChI=1S/C18H19F2N5O/c19-18(20)10-11-25(17(22)23)15(18)16(21)24-12-6-8-14(9-7-12)26-13-4-2-1-3-5-13/h1-9,15H,10-11H2,(H2,21,24)(H3,22,23). The van der Waals surface area contributed by atoms with Crippen molar-refractivity contribution in [2.24, 2.45) is 16.5 Å².